The summed E-state index contributed by atoms with van der Waals surface area (Å²) in [6.45, 7) is 2.73. The quantitative estimate of drug-likeness (QED) is 0.647. The molecule has 0 aromatic heterocycles. The van der Waals surface area contributed by atoms with E-state index < -0.39 is 11.9 Å². The van der Waals surface area contributed by atoms with E-state index in [2.05, 4.69) is 12.1 Å². The zero-order valence-electron chi connectivity index (χ0n) is 19.3. The fourth-order valence-corrected chi connectivity index (χ4v) is 7.70. The zero-order valence-corrected chi connectivity index (χ0v) is 19.3. The second kappa shape index (κ2) is 8.73. The molecular weight excluding hydrogens is 404 g/mol. The smallest absolute Gasteiger partial charge is 0.310 e. The number of carboxylic acids is 1. The van der Waals surface area contributed by atoms with Crippen LogP contribution in [0.1, 0.15) is 94.1 Å². The van der Waals surface area contributed by atoms with E-state index in [9.17, 15) is 15.0 Å². The summed E-state index contributed by atoms with van der Waals surface area (Å²) in [5, 5.41) is 19.2. The number of carbonyl (C=O) groups is 1. The molecule has 5 nitrogen and oxygen atoms in total. The maximum absolute atomic E-state index is 11.5. The van der Waals surface area contributed by atoms with Crippen molar-refractivity contribution in [3.8, 4) is 0 Å². The number of hydrogen-bond donors (Lipinski definition) is 2. The van der Waals surface area contributed by atoms with Gasteiger partial charge >= 0.3 is 5.97 Å². The van der Waals surface area contributed by atoms with Gasteiger partial charge in [-0.1, -0.05) is 37.1 Å². The fourth-order valence-electron chi connectivity index (χ4n) is 7.70. The fraction of sp³-hybridized carbons (Fsp3) is 0.741. The minimum atomic E-state index is -0.785. The summed E-state index contributed by atoms with van der Waals surface area (Å²) in [6, 6.07) is 8.41. The Hall–Kier alpha value is -1.43. The molecule has 2 saturated carbocycles. The van der Waals surface area contributed by atoms with Gasteiger partial charge in [-0.2, -0.15) is 0 Å². The van der Waals surface area contributed by atoms with Gasteiger partial charge in [0.15, 0.2) is 0 Å². The molecule has 2 aliphatic carbocycles. The lowest BCUT2D eigenvalue weighted by Gasteiger charge is -2.44. The first-order valence-corrected chi connectivity index (χ1v) is 12.7. The van der Waals surface area contributed by atoms with Crippen LogP contribution >= 0.6 is 0 Å². The van der Waals surface area contributed by atoms with Crippen LogP contribution in [0, 0.1) is 11.8 Å². The number of aliphatic hydroxyl groups excluding tert-OH is 1. The van der Waals surface area contributed by atoms with Crippen LogP contribution in [0.4, 0.5) is 0 Å². The first-order chi connectivity index (χ1) is 15.5. The number of benzene rings is 1. The Morgan fingerprint density at radius 3 is 2.19 bits per heavy atom. The van der Waals surface area contributed by atoms with E-state index in [1.165, 1.54) is 24.8 Å². The van der Waals surface area contributed by atoms with E-state index in [-0.39, 0.29) is 23.9 Å². The van der Waals surface area contributed by atoms with Crippen molar-refractivity contribution in [1.29, 1.82) is 0 Å². The monoisotopic (exact) mass is 442 g/mol. The largest absolute Gasteiger partial charge is 0.481 e. The van der Waals surface area contributed by atoms with Gasteiger partial charge in [-0.15, -0.1) is 0 Å². The highest BCUT2D eigenvalue weighted by Gasteiger charge is 2.58. The minimum Gasteiger partial charge on any atom is -0.481 e. The Morgan fingerprint density at radius 2 is 1.59 bits per heavy atom. The SMILES string of the molecule is CC(C(=O)O)c1ccc(C(C2CCCC23CCCO3)C2CCCC23CCC(CO)O3)cc1. The summed E-state index contributed by atoms with van der Waals surface area (Å²) < 4.78 is 13.1. The molecule has 2 N–H and O–H groups in total. The van der Waals surface area contributed by atoms with Crippen molar-refractivity contribution in [2.75, 3.05) is 13.2 Å². The summed E-state index contributed by atoms with van der Waals surface area (Å²) in [6.07, 6.45) is 11.2. The van der Waals surface area contributed by atoms with Crippen LogP contribution in [-0.2, 0) is 14.3 Å². The van der Waals surface area contributed by atoms with Crippen LogP contribution in [0.25, 0.3) is 0 Å². The van der Waals surface area contributed by atoms with Crippen molar-refractivity contribution in [2.24, 2.45) is 11.8 Å². The zero-order chi connectivity index (χ0) is 22.3. The minimum absolute atomic E-state index is 0.00351. The molecule has 2 saturated heterocycles. The van der Waals surface area contributed by atoms with Crippen molar-refractivity contribution in [3.63, 3.8) is 0 Å². The van der Waals surface area contributed by atoms with Crippen LogP contribution in [0.2, 0.25) is 0 Å². The predicted molar refractivity (Wildman–Crippen MR) is 122 cm³/mol. The lowest BCUT2D eigenvalue weighted by molar-refractivity contribution is -0.138. The Kier molecular flexibility index (Phi) is 6.10. The van der Waals surface area contributed by atoms with Gasteiger partial charge < -0.3 is 19.7 Å². The second-order valence-electron chi connectivity index (χ2n) is 10.8. The third-order valence-electron chi connectivity index (χ3n) is 9.27. The number of carboxylic acid groups (broad SMARTS) is 1. The Balaban J connectivity index is 1.52. The standard InChI is InChI=1S/C27H38O5/c1-18(25(29)30)19-7-9-20(10-8-19)24(22-5-2-12-26(22)14-4-16-31-26)23-6-3-13-27(23)15-11-21(17-28)32-27/h7-10,18,21-24,28H,2-6,11-17H2,1H3,(H,29,30). The van der Waals surface area contributed by atoms with Gasteiger partial charge in [0.25, 0.3) is 0 Å². The molecule has 0 bridgehead atoms. The Morgan fingerprint density at radius 1 is 0.969 bits per heavy atom. The third-order valence-corrected chi connectivity index (χ3v) is 9.27. The van der Waals surface area contributed by atoms with E-state index >= 15 is 0 Å². The van der Waals surface area contributed by atoms with Gasteiger partial charge in [0.2, 0.25) is 0 Å². The number of aliphatic hydroxyl groups is 1. The lowest BCUT2D eigenvalue weighted by atomic mass is 9.65. The van der Waals surface area contributed by atoms with Crippen LogP contribution < -0.4 is 0 Å². The highest BCUT2D eigenvalue weighted by molar-refractivity contribution is 5.75. The normalized spacial score (nSPS) is 38.6. The summed E-state index contributed by atoms with van der Waals surface area (Å²) in [5.74, 6) is -0.0347. The third kappa shape index (κ3) is 3.70. The number of ether oxygens (including phenoxy) is 2. The van der Waals surface area contributed by atoms with Crippen molar-refractivity contribution < 1.29 is 24.5 Å². The van der Waals surface area contributed by atoms with E-state index in [4.69, 9.17) is 9.47 Å². The van der Waals surface area contributed by atoms with Crippen LogP contribution in [-0.4, -0.2) is 46.7 Å². The second-order valence-corrected chi connectivity index (χ2v) is 10.8. The van der Waals surface area contributed by atoms with E-state index in [1.807, 2.05) is 12.1 Å². The number of aliphatic carboxylic acids is 1. The van der Waals surface area contributed by atoms with E-state index in [1.54, 1.807) is 6.92 Å². The van der Waals surface area contributed by atoms with Gasteiger partial charge in [-0.05, 0) is 87.2 Å². The Labute approximate surface area is 191 Å². The molecule has 1 aromatic carbocycles. The van der Waals surface area contributed by atoms with Gasteiger partial charge in [0, 0.05) is 6.61 Å². The van der Waals surface area contributed by atoms with Crippen molar-refractivity contribution in [3.05, 3.63) is 35.4 Å². The van der Waals surface area contributed by atoms with Crippen LogP contribution in [0.5, 0.6) is 0 Å². The van der Waals surface area contributed by atoms with Crippen LogP contribution in [0.15, 0.2) is 24.3 Å². The van der Waals surface area contributed by atoms with Crippen LogP contribution in [0.3, 0.4) is 0 Å². The number of rotatable bonds is 6. The van der Waals surface area contributed by atoms with Gasteiger partial charge in [0.1, 0.15) is 0 Å². The van der Waals surface area contributed by atoms with Crippen molar-refractivity contribution in [2.45, 2.75) is 100 Å². The molecule has 0 radical (unpaired) electrons. The molecule has 7 unspecified atom stereocenters. The molecule has 2 aliphatic heterocycles. The van der Waals surface area contributed by atoms with Crippen molar-refractivity contribution in [1.82, 2.24) is 0 Å². The topological polar surface area (TPSA) is 76.0 Å². The van der Waals surface area contributed by atoms with Gasteiger partial charge in [-0.3, -0.25) is 4.79 Å². The van der Waals surface area contributed by atoms with E-state index in [0.29, 0.717) is 17.8 Å². The molecule has 4 aliphatic rings. The molecule has 32 heavy (non-hydrogen) atoms. The van der Waals surface area contributed by atoms with Gasteiger partial charge in [-0.25, -0.2) is 0 Å². The van der Waals surface area contributed by atoms with E-state index in [0.717, 1.165) is 57.1 Å². The first-order valence-electron chi connectivity index (χ1n) is 12.7. The highest BCUT2D eigenvalue weighted by Crippen LogP contribution is 2.60. The summed E-state index contributed by atoms with van der Waals surface area (Å²) in [5.41, 5.74) is 2.04. The molecule has 176 valence electrons. The molecule has 2 heterocycles. The van der Waals surface area contributed by atoms with Gasteiger partial charge in [0.05, 0.1) is 29.8 Å². The molecular formula is C27H38O5. The molecule has 7 atom stereocenters. The lowest BCUT2D eigenvalue weighted by Crippen LogP contribution is -2.44. The number of hydrogen-bond acceptors (Lipinski definition) is 4. The maximum atomic E-state index is 11.5. The molecule has 1 aromatic rings. The summed E-state index contributed by atoms with van der Waals surface area (Å²) >= 11 is 0. The molecule has 5 rings (SSSR count). The average molecular weight is 443 g/mol. The Bertz CT molecular complexity index is 808. The molecule has 5 heteroatoms. The molecule has 4 fully saturated rings. The summed E-state index contributed by atoms with van der Waals surface area (Å²) in [7, 11) is 0. The predicted octanol–water partition coefficient (Wildman–Crippen LogP) is 5.02. The summed E-state index contributed by atoms with van der Waals surface area (Å²) in [4.78, 5) is 11.5. The molecule has 2 spiro atoms. The highest BCUT2D eigenvalue weighted by atomic mass is 16.5. The van der Waals surface area contributed by atoms with Crippen molar-refractivity contribution >= 4 is 5.97 Å². The maximum Gasteiger partial charge on any atom is 0.310 e. The average Bonchev–Trinajstić information content (AvgIpc) is 3.60. The molecule has 0 amide bonds. The first kappa shape index (κ1) is 22.4.